The van der Waals surface area contributed by atoms with Gasteiger partial charge in [-0.1, -0.05) is 0 Å². The van der Waals surface area contributed by atoms with E-state index in [0.29, 0.717) is 11.6 Å². The van der Waals surface area contributed by atoms with E-state index in [4.69, 9.17) is 0 Å². The molecule has 0 unspecified atom stereocenters. The van der Waals surface area contributed by atoms with Crippen LogP contribution in [-0.4, -0.2) is 26.7 Å². The Labute approximate surface area is 90.9 Å². The van der Waals surface area contributed by atoms with Gasteiger partial charge >= 0.3 is 0 Å². The van der Waals surface area contributed by atoms with Gasteiger partial charge in [0, 0.05) is 19.4 Å². The molecule has 82 valence electrons. The molecule has 0 aliphatic heterocycles. The molecule has 0 saturated carbocycles. The number of anilines is 1. The van der Waals surface area contributed by atoms with Crippen LogP contribution < -0.4 is 5.32 Å². The van der Waals surface area contributed by atoms with Crippen molar-refractivity contribution in [2.45, 2.75) is 0 Å². The Hall–Kier alpha value is -2.44. The predicted molar refractivity (Wildman–Crippen MR) is 57.6 cm³/mol. The standard InChI is InChI=1S/C9H9N5O2/c1-10-8-5-7(14(15)16)6-9(12-8)13-4-2-3-11-13/h2-6H,1H3,(H,10,12). The third-order valence-corrected chi connectivity index (χ3v) is 2.00. The minimum Gasteiger partial charge on any atom is -0.373 e. The van der Waals surface area contributed by atoms with Gasteiger partial charge in [-0.05, 0) is 6.07 Å². The first-order chi connectivity index (χ1) is 7.70. The largest absolute Gasteiger partial charge is 0.373 e. The van der Waals surface area contributed by atoms with Crippen molar-refractivity contribution in [1.82, 2.24) is 14.8 Å². The molecular weight excluding hydrogens is 210 g/mol. The number of nitro groups is 1. The van der Waals surface area contributed by atoms with E-state index in [0.717, 1.165) is 0 Å². The fourth-order valence-electron chi connectivity index (χ4n) is 1.26. The minimum absolute atomic E-state index is 0.0233. The molecule has 0 radical (unpaired) electrons. The van der Waals surface area contributed by atoms with Crippen LogP contribution in [0.1, 0.15) is 0 Å². The number of aromatic nitrogens is 3. The molecule has 2 rings (SSSR count). The summed E-state index contributed by atoms with van der Waals surface area (Å²) in [7, 11) is 1.65. The molecule has 0 saturated heterocycles. The van der Waals surface area contributed by atoms with Crippen LogP contribution in [0.2, 0.25) is 0 Å². The third-order valence-electron chi connectivity index (χ3n) is 2.00. The molecule has 1 N–H and O–H groups in total. The zero-order valence-corrected chi connectivity index (χ0v) is 8.49. The molecule has 2 aromatic heterocycles. The van der Waals surface area contributed by atoms with Crippen molar-refractivity contribution in [2.75, 3.05) is 12.4 Å². The number of pyridine rings is 1. The van der Waals surface area contributed by atoms with Crippen LogP contribution in [0, 0.1) is 10.1 Å². The lowest BCUT2D eigenvalue weighted by atomic mass is 10.3. The second-order valence-electron chi connectivity index (χ2n) is 3.03. The molecule has 0 amide bonds. The van der Waals surface area contributed by atoms with Crippen molar-refractivity contribution >= 4 is 11.5 Å². The lowest BCUT2D eigenvalue weighted by Crippen LogP contribution is -2.03. The highest BCUT2D eigenvalue weighted by molar-refractivity contribution is 5.49. The number of rotatable bonds is 3. The summed E-state index contributed by atoms with van der Waals surface area (Å²) in [5.41, 5.74) is -0.0233. The van der Waals surface area contributed by atoms with Crippen LogP contribution in [0.25, 0.3) is 5.82 Å². The number of nitrogens with zero attached hydrogens (tertiary/aromatic N) is 4. The fourth-order valence-corrected chi connectivity index (χ4v) is 1.26. The summed E-state index contributed by atoms with van der Waals surface area (Å²) in [6, 6.07) is 4.46. The Morgan fingerprint density at radius 3 is 2.88 bits per heavy atom. The summed E-state index contributed by atoms with van der Waals surface area (Å²) in [5, 5.41) is 17.4. The summed E-state index contributed by atoms with van der Waals surface area (Å²) in [6.45, 7) is 0. The van der Waals surface area contributed by atoms with Crippen LogP contribution in [0.5, 0.6) is 0 Å². The maximum Gasteiger partial charge on any atom is 0.276 e. The van der Waals surface area contributed by atoms with Crippen molar-refractivity contribution in [3.63, 3.8) is 0 Å². The van der Waals surface area contributed by atoms with E-state index in [1.807, 2.05) is 0 Å². The van der Waals surface area contributed by atoms with Gasteiger partial charge in [-0.2, -0.15) is 5.10 Å². The monoisotopic (exact) mass is 219 g/mol. The van der Waals surface area contributed by atoms with Gasteiger partial charge in [-0.3, -0.25) is 10.1 Å². The molecule has 2 aromatic rings. The van der Waals surface area contributed by atoms with Crippen molar-refractivity contribution in [2.24, 2.45) is 0 Å². The summed E-state index contributed by atoms with van der Waals surface area (Å²) < 4.78 is 1.47. The molecule has 7 nitrogen and oxygen atoms in total. The van der Waals surface area contributed by atoms with Gasteiger partial charge in [0.15, 0.2) is 5.82 Å². The molecule has 2 heterocycles. The van der Waals surface area contributed by atoms with Gasteiger partial charge in [-0.25, -0.2) is 9.67 Å². The van der Waals surface area contributed by atoms with Gasteiger partial charge in [0.25, 0.3) is 5.69 Å². The average Bonchev–Trinajstić information content (AvgIpc) is 2.81. The van der Waals surface area contributed by atoms with Crippen LogP contribution in [0.4, 0.5) is 11.5 Å². The molecule has 0 aliphatic rings. The molecule has 0 aromatic carbocycles. The number of hydrogen-bond donors (Lipinski definition) is 1. The van der Waals surface area contributed by atoms with Crippen LogP contribution in [-0.2, 0) is 0 Å². The Kier molecular flexibility index (Phi) is 2.50. The lowest BCUT2D eigenvalue weighted by molar-refractivity contribution is -0.384. The molecule has 0 fully saturated rings. The highest BCUT2D eigenvalue weighted by atomic mass is 16.6. The Morgan fingerprint density at radius 1 is 1.50 bits per heavy atom. The van der Waals surface area contributed by atoms with Crippen LogP contribution >= 0.6 is 0 Å². The SMILES string of the molecule is CNc1cc([N+](=O)[O-])cc(-n2cccn2)n1. The topological polar surface area (TPSA) is 85.9 Å². The van der Waals surface area contributed by atoms with Gasteiger partial charge in [0.2, 0.25) is 0 Å². The minimum atomic E-state index is -0.463. The van der Waals surface area contributed by atoms with Crippen LogP contribution in [0.3, 0.4) is 0 Å². The molecule has 0 aliphatic carbocycles. The van der Waals surface area contributed by atoms with Gasteiger partial charge in [-0.15, -0.1) is 0 Å². The molecule has 0 bridgehead atoms. The second-order valence-corrected chi connectivity index (χ2v) is 3.03. The highest BCUT2D eigenvalue weighted by Crippen LogP contribution is 2.19. The summed E-state index contributed by atoms with van der Waals surface area (Å²) >= 11 is 0. The maximum atomic E-state index is 10.7. The van der Waals surface area contributed by atoms with Crippen molar-refractivity contribution in [3.8, 4) is 5.82 Å². The Morgan fingerprint density at radius 2 is 2.31 bits per heavy atom. The molecule has 0 atom stereocenters. The van der Waals surface area contributed by atoms with E-state index in [9.17, 15) is 10.1 Å². The van der Waals surface area contributed by atoms with E-state index >= 15 is 0 Å². The van der Waals surface area contributed by atoms with Crippen molar-refractivity contribution < 1.29 is 4.92 Å². The van der Waals surface area contributed by atoms with Gasteiger partial charge in [0.05, 0.1) is 17.1 Å². The first-order valence-corrected chi connectivity index (χ1v) is 4.55. The molecule has 16 heavy (non-hydrogen) atoms. The van der Waals surface area contributed by atoms with E-state index in [-0.39, 0.29) is 5.69 Å². The first kappa shape index (κ1) is 10.1. The molecular formula is C9H9N5O2. The average molecular weight is 219 g/mol. The molecule has 0 spiro atoms. The van der Waals surface area contributed by atoms with Crippen LogP contribution in [0.15, 0.2) is 30.6 Å². The Balaban J connectivity index is 2.53. The number of nitrogens with one attached hydrogen (secondary N) is 1. The van der Waals surface area contributed by atoms with E-state index in [1.165, 1.54) is 16.8 Å². The second kappa shape index (κ2) is 3.97. The fraction of sp³-hybridized carbons (Fsp3) is 0.111. The van der Waals surface area contributed by atoms with Gasteiger partial charge in [0.1, 0.15) is 5.82 Å². The lowest BCUT2D eigenvalue weighted by Gasteiger charge is -2.04. The third kappa shape index (κ3) is 1.83. The highest BCUT2D eigenvalue weighted by Gasteiger charge is 2.11. The zero-order valence-electron chi connectivity index (χ0n) is 8.49. The van der Waals surface area contributed by atoms with E-state index in [2.05, 4.69) is 15.4 Å². The first-order valence-electron chi connectivity index (χ1n) is 4.55. The van der Waals surface area contributed by atoms with Crippen molar-refractivity contribution in [3.05, 3.63) is 40.7 Å². The van der Waals surface area contributed by atoms with Gasteiger partial charge < -0.3 is 5.32 Å². The maximum absolute atomic E-state index is 10.7. The smallest absolute Gasteiger partial charge is 0.276 e. The normalized spacial score (nSPS) is 10.1. The predicted octanol–water partition coefficient (Wildman–Crippen LogP) is 1.22. The summed E-state index contributed by atoms with van der Waals surface area (Å²) in [6.07, 6.45) is 3.26. The summed E-state index contributed by atoms with van der Waals surface area (Å²) in [4.78, 5) is 14.4. The summed E-state index contributed by atoms with van der Waals surface area (Å²) in [5.74, 6) is 0.836. The molecule has 7 heteroatoms. The van der Waals surface area contributed by atoms with E-state index < -0.39 is 4.92 Å². The zero-order chi connectivity index (χ0) is 11.5. The van der Waals surface area contributed by atoms with Crippen molar-refractivity contribution in [1.29, 1.82) is 0 Å². The quantitative estimate of drug-likeness (QED) is 0.619. The Bertz CT molecular complexity index is 509. The number of hydrogen-bond acceptors (Lipinski definition) is 5. The van der Waals surface area contributed by atoms with E-state index in [1.54, 1.807) is 25.5 Å².